The van der Waals surface area contributed by atoms with E-state index in [1.165, 1.54) is 12.6 Å². The highest BCUT2D eigenvalue weighted by molar-refractivity contribution is 7.89. The fraction of sp³-hybridized carbons (Fsp3) is 0.737. The lowest BCUT2D eigenvalue weighted by atomic mass is 9.92. The van der Waals surface area contributed by atoms with Gasteiger partial charge in [0.15, 0.2) is 0 Å². The molecule has 0 amide bonds. The minimum absolute atomic E-state index is 0.265. The maximum atomic E-state index is 12.6. The summed E-state index contributed by atoms with van der Waals surface area (Å²) < 4.78 is 26.7. The summed E-state index contributed by atoms with van der Waals surface area (Å²) in [5, 5.41) is 3.41. The quantitative estimate of drug-likeness (QED) is 0.822. The average Bonchev–Trinajstić information content (AvgIpc) is 3.09. The predicted octanol–water partition coefficient (Wildman–Crippen LogP) is 2.64. The zero-order valence-electron chi connectivity index (χ0n) is 16.2. The number of rotatable bonds is 6. The molecule has 0 spiro atoms. The van der Waals surface area contributed by atoms with Crippen LogP contribution in [0.5, 0.6) is 0 Å². The third kappa shape index (κ3) is 4.75. The van der Waals surface area contributed by atoms with Gasteiger partial charge in [0.1, 0.15) is 10.7 Å². The molecule has 0 radical (unpaired) electrons. The highest BCUT2D eigenvalue weighted by atomic mass is 32.2. The molecule has 1 aromatic heterocycles. The Labute approximate surface area is 158 Å². The van der Waals surface area contributed by atoms with E-state index in [0.717, 1.165) is 50.1 Å². The van der Waals surface area contributed by atoms with Crippen molar-refractivity contribution in [2.24, 2.45) is 11.8 Å². The van der Waals surface area contributed by atoms with Crippen LogP contribution in [0.2, 0.25) is 0 Å². The number of likely N-dealkylation sites (tertiary alicyclic amines) is 1. The molecule has 2 saturated heterocycles. The summed E-state index contributed by atoms with van der Waals surface area (Å²) in [5.41, 5.74) is 0. The summed E-state index contributed by atoms with van der Waals surface area (Å²) in [6.07, 6.45) is 4.68. The molecule has 1 aromatic rings. The third-order valence-electron chi connectivity index (χ3n) is 5.31. The van der Waals surface area contributed by atoms with E-state index in [9.17, 15) is 8.42 Å². The Bertz CT molecular complexity index is 676. The molecule has 6 nitrogen and oxygen atoms in total. The van der Waals surface area contributed by atoms with Crippen molar-refractivity contribution in [2.75, 3.05) is 38.0 Å². The van der Waals surface area contributed by atoms with Crippen LogP contribution in [0.4, 0.5) is 5.82 Å². The molecule has 0 aromatic carbocycles. The van der Waals surface area contributed by atoms with Gasteiger partial charge >= 0.3 is 0 Å². The van der Waals surface area contributed by atoms with E-state index in [2.05, 4.69) is 36.0 Å². The van der Waals surface area contributed by atoms with Gasteiger partial charge in [0, 0.05) is 45.0 Å². The van der Waals surface area contributed by atoms with Gasteiger partial charge < -0.3 is 10.2 Å². The van der Waals surface area contributed by atoms with Gasteiger partial charge in [0.25, 0.3) is 0 Å². The number of sulfonamides is 1. The Morgan fingerprint density at radius 3 is 2.42 bits per heavy atom. The Balaban J connectivity index is 1.57. The van der Waals surface area contributed by atoms with Crippen molar-refractivity contribution < 1.29 is 8.42 Å². The number of hydrogen-bond donors (Lipinski definition) is 1. The van der Waals surface area contributed by atoms with Gasteiger partial charge in [-0.25, -0.2) is 13.4 Å². The number of aromatic nitrogens is 1. The molecule has 0 saturated carbocycles. The smallest absolute Gasteiger partial charge is 0.244 e. The van der Waals surface area contributed by atoms with Crippen LogP contribution >= 0.6 is 0 Å². The van der Waals surface area contributed by atoms with Crippen molar-refractivity contribution in [3.63, 3.8) is 0 Å². The van der Waals surface area contributed by atoms with Gasteiger partial charge in [-0.05, 0) is 50.2 Å². The van der Waals surface area contributed by atoms with E-state index in [0.29, 0.717) is 13.1 Å². The molecular formula is C19H32N4O2S. The van der Waals surface area contributed by atoms with E-state index in [4.69, 9.17) is 0 Å². The average molecular weight is 381 g/mol. The molecule has 0 aliphatic carbocycles. The maximum absolute atomic E-state index is 12.6. The molecule has 26 heavy (non-hydrogen) atoms. The number of pyridine rings is 1. The summed E-state index contributed by atoms with van der Waals surface area (Å²) in [6, 6.07) is 3.71. The van der Waals surface area contributed by atoms with Gasteiger partial charge in [0.05, 0.1) is 0 Å². The Hall–Kier alpha value is -1.18. The van der Waals surface area contributed by atoms with Crippen molar-refractivity contribution >= 4 is 15.8 Å². The summed E-state index contributed by atoms with van der Waals surface area (Å²) in [7, 11) is -3.38. The third-order valence-corrected chi connectivity index (χ3v) is 7.19. The number of anilines is 1. The summed E-state index contributed by atoms with van der Waals surface area (Å²) >= 11 is 0. The Morgan fingerprint density at radius 2 is 1.85 bits per heavy atom. The first-order valence-corrected chi connectivity index (χ1v) is 11.2. The van der Waals surface area contributed by atoms with Crippen molar-refractivity contribution in [2.45, 2.75) is 51.0 Å². The molecule has 0 bridgehead atoms. The minimum atomic E-state index is -3.38. The lowest BCUT2D eigenvalue weighted by Gasteiger charge is -2.36. The van der Waals surface area contributed by atoms with Crippen molar-refractivity contribution in [1.82, 2.24) is 14.2 Å². The second-order valence-corrected chi connectivity index (χ2v) is 10.1. The first-order valence-electron chi connectivity index (χ1n) is 9.79. The molecule has 146 valence electrons. The van der Waals surface area contributed by atoms with Crippen LogP contribution < -0.4 is 5.32 Å². The first-order chi connectivity index (χ1) is 12.3. The summed E-state index contributed by atoms with van der Waals surface area (Å²) in [4.78, 5) is 7.15. The van der Waals surface area contributed by atoms with Crippen LogP contribution in [-0.2, 0) is 10.0 Å². The second-order valence-electron chi connectivity index (χ2n) is 8.20. The van der Waals surface area contributed by atoms with Gasteiger partial charge in [0.2, 0.25) is 10.0 Å². The van der Waals surface area contributed by atoms with Crippen LogP contribution in [0, 0.1) is 11.8 Å². The lowest BCUT2D eigenvalue weighted by Crippen LogP contribution is -2.43. The predicted molar refractivity (Wildman–Crippen MR) is 105 cm³/mol. The fourth-order valence-electron chi connectivity index (χ4n) is 4.32. The molecule has 3 rings (SSSR count). The van der Waals surface area contributed by atoms with Crippen LogP contribution in [0.25, 0.3) is 0 Å². The van der Waals surface area contributed by atoms with Crippen molar-refractivity contribution in [1.29, 1.82) is 0 Å². The van der Waals surface area contributed by atoms with E-state index in [1.54, 1.807) is 16.4 Å². The molecular weight excluding hydrogens is 348 g/mol. The Kier molecular flexibility index (Phi) is 6.20. The molecule has 2 aliphatic heterocycles. The highest BCUT2D eigenvalue weighted by Crippen LogP contribution is 2.22. The van der Waals surface area contributed by atoms with E-state index in [1.807, 2.05) is 0 Å². The topological polar surface area (TPSA) is 65.5 Å². The molecule has 1 N–H and O–H groups in total. The number of nitrogens with zero attached hydrogens (tertiary/aromatic N) is 3. The summed E-state index contributed by atoms with van der Waals surface area (Å²) in [5.74, 6) is 2.23. The van der Waals surface area contributed by atoms with E-state index < -0.39 is 10.0 Å². The number of nitrogens with one attached hydrogen (secondary N) is 1. The molecule has 2 aliphatic rings. The molecule has 2 fully saturated rings. The standard InChI is InChI=1S/C19H32N4O2S/c1-15-10-16(2)13-22(12-15)14-17(3)21-19-7-6-18(11-20-19)26(24,25)23-8-4-5-9-23/h6-7,11,15-17H,4-5,8-10,12-14H2,1-3H3,(H,20,21). The minimum Gasteiger partial charge on any atom is -0.366 e. The zero-order chi connectivity index (χ0) is 18.7. The van der Waals surface area contributed by atoms with Crippen LogP contribution in [0.15, 0.2) is 23.2 Å². The largest absolute Gasteiger partial charge is 0.366 e. The van der Waals surface area contributed by atoms with Gasteiger partial charge in [-0.1, -0.05) is 13.8 Å². The monoisotopic (exact) mass is 380 g/mol. The zero-order valence-corrected chi connectivity index (χ0v) is 17.0. The molecule has 3 atom stereocenters. The van der Waals surface area contributed by atoms with Gasteiger partial charge in [-0.15, -0.1) is 0 Å². The molecule has 3 unspecified atom stereocenters. The van der Waals surface area contributed by atoms with E-state index in [-0.39, 0.29) is 10.9 Å². The molecule has 3 heterocycles. The van der Waals surface area contributed by atoms with Crippen molar-refractivity contribution in [3.8, 4) is 0 Å². The van der Waals surface area contributed by atoms with Crippen LogP contribution in [0.1, 0.15) is 40.0 Å². The van der Waals surface area contributed by atoms with E-state index >= 15 is 0 Å². The highest BCUT2D eigenvalue weighted by Gasteiger charge is 2.27. The number of hydrogen-bond acceptors (Lipinski definition) is 5. The normalized spacial score (nSPS) is 26.7. The lowest BCUT2D eigenvalue weighted by molar-refractivity contribution is 0.138. The van der Waals surface area contributed by atoms with Gasteiger partial charge in [-0.2, -0.15) is 4.31 Å². The summed E-state index contributed by atoms with van der Waals surface area (Å²) in [6.45, 7) is 11.3. The first kappa shape index (κ1) is 19.6. The Morgan fingerprint density at radius 1 is 1.19 bits per heavy atom. The van der Waals surface area contributed by atoms with Crippen molar-refractivity contribution in [3.05, 3.63) is 18.3 Å². The second kappa shape index (κ2) is 8.23. The number of piperidine rings is 1. The fourth-order valence-corrected chi connectivity index (χ4v) is 5.79. The maximum Gasteiger partial charge on any atom is 0.244 e. The SMILES string of the molecule is CC1CC(C)CN(CC(C)Nc2ccc(S(=O)(=O)N3CCCC3)cn2)C1. The van der Waals surface area contributed by atoms with Crippen LogP contribution in [0.3, 0.4) is 0 Å². The van der Waals surface area contributed by atoms with Gasteiger partial charge in [-0.3, -0.25) is 0 Å². The molecule has 7 heteroatoms. The van der Waals surface area contributed by atoms with Crippen LogP contribution in [-0.4, -0.2) is 61.4 Å².